The van der Waals surface area contributed by atoms with Gasteiger partial charge in [0.1, 0.15) is 0 Å². The fourth-order valence-electron chi connectivity index (χ4n) is 2.68. The van der Waals surface area contributed by atoms with Crippen molar-refractivity contribution in [2.75, 3.05) is 0 Å². The first-order valence-electron chi connectivity index (χ1n) is 7.75. The first kappa shape index (κ1) is 16.2. The predicted octanol–water partition coefficient (Wildman–Crippen LogP) is 6.13. The molecule has 1 aromatic heterocycles. The van der Waals surface area contributed by atoms with Gasteiger partial charge in [0.15, 0.2) is 11.6 Å². The van der Waals surface area contributed by atoms with E-state index in [2.05, 4.69) is 58.8 Å². The van der Waals surface area contributed by atoms with Crippen LogP contribution >= 0.6 is 31.9 Å². The van der Waals surface area contributed by atoms with Crippen molar-refractivity contribution < 1.29 is 0 Å². The second kappa shape index (κ2) is 6.94. The van der Waals surface area contributed by atoms with E-state index in [9.17, 15) is 0 Å². The molecule has 25 heavy (non-hydrogen) atoms. The third kappa shape index (κ3) is 3.30. The van der Waals surface area contributed by atoms with Crippen molar-refractivity contribution in [2.24, 2.45) is 0 Å². The molecule has 0 saturated heterocycles. The van der Waals surface area contributed by atoms with Crippen LogP contribution < -0.4 is 0 Å². The van der Waals surface area contributed by atoms with Gasteiger partial charge in [-0.3, -0.25) is 4.57 Å². The zero-order chi connectivity index (χ0) is 17.2. The SMILES string of the molecule is Brc1ccc(-c2nnc(-c3ccccc3)n2-c2ccc(Br)cc2)cc1. The van der Waals surface area contributed by atoms with E-state index in [1.807, 2.05) is 66.7 Å². The predicted molar refractivity (Wildman–Crippen MR) is 108 cm³/mol. The highest BCUT2D eigenvalue weighted by atomic mass is 79.9. The summed E-state index contributed by atoms with van der Waals surface area (Å²) in [4.78, 5) is 0. The molecule has 0 saturated carbocycles. The lowest BCUT2D eigenvalue weighted by Crippen LogP contribution is -2.00. The van der Waals surface area contributed by atoms with Crippen molar-refractivity contribution in [3.8, 4) is 28.5 Å². The van der Waals surface area contributed by atoms with Gasteiger partial charge in [-0.05, 0) is 36.4 Å². The van der Waals surface area contributed by atoms with Crippen LogP contribution in [0.4, 0.5) is 0 Å². The molecule has 0 N–H and O–H groups in total. The van der Waals surface area contributed by atoms with Crippen LogP contribution in [0.2, 0.25) is 0 Å². The lowest BCUT2D eigenvalue weighted by molar-refractivity contribution is 1.07. The summed E-state index contributed by atoms with van der Waals surface area (Å²) in [5, 5.41) is 8.95. The molecular formula is C20H13Br2N3. The highest BCUT2D eigenvalue weighted by molar-refractivity contribution is 9.10. The molecule has 5 heteroatoms. The average molecular weight is 455 g/mol. The maximum absolute atomic E-state index is 4.48. The summed E-state index contributed by atoms with van der Waals surface area (Å²) in [6, 6.07) is 26.4. The largest absolute Gasteiger partial charge is 0.275 e. The molecule has 122 valence electrons. The van der Waals surface area contributed by atoms with Gasteiger partial charge in [0.25, 0.3) is 0 Å². The van der Waals surface area contributed by atoms with Crippen molar-refractivity contribution in [2.45, 2.75) is 0 Å². The molecular weight excluding hydrogens is 442 g/mol. The molecule has 0 unspecified atom stereocenters. The zero-order valence-corrected chi connectivity index (χ0v) is 16.3. The fraction of sp³-hybridized carbons (Fsp3) is 0. The number of nitrogens with zero attached hydrogens (tertiary/aromatic N) is 3. The van der Waals surface area contributed by atoms with Gasteiger partial charge in [-0.25, -0.2) is 0 Å². The summed E-state index contributed by atoms with van der Waals surface area (Å²) in [7, 11) is 0. The van der Waals surface area contributed by atoms with Crippen LogP contribution in [-0.2, 0) is 0 Å². The summed E-state index contributed by atoms with van der Waals surface area (Å²) in [5.41, 5.74) is 3.06. The van der Waals surface area contributed by atoms with E-state index in [0.29, 0.717) is 0 Å². The quantitative estimate of drug-likeness (QED) is 0.373. The summed E-state index contributed by atoms with van der Waals surface area (Å²) in [6.07, 6.45) is 0. The van der Waals surface area contributed by atoms with Crippen molar-refractivity contribution in [1.29, 1.82) is 0 Å². The molecule has 0 bridgehead atoms. The first-order chi connectivity index (χ1) is 12.2. The molecule has 0 aliphatic heterocycles. The van der Waals surface area contributed by atoms with Gasteiger partial charge in [0.05, 0.1) is 0 Å². The summed E-state index contributed by atoms with van der Waals surface area (Å²) in [6.45, 7) is 0. The molecule has 0 spiro atoms. The standard InChI is InChI=1S/C20H13Br2N3/c21-16-8-6-15(7-9-16)20-24-23-19(14-4-2-1-3-5-14)25(20)18-12-10-17(22)11-13-18/h1-13H. The Kier molecular flexibility index (Phi) is 4.51. The molecule has 0 amide bonds. The maximum atomic E-state index is 4.48. The Labute approximate surface area is 162 Å². The molecule has 4 rings (SSSR count). The number of aromatic nitrogens is 3. The van der Waals surface area contributed by atoms with E-state index in [-0.39, 0.29) is 0 Å². The lowest BCUT2D eigenvalue weighted by atomic mass is 10.1. The Hall–Kier alpha value is -2.24. The minimum Gasteiger partial charge on any atom is -0.275 e. The highest BCUT2D eigenvalue weighted by Gasteiger charge is 2.16. The van der Waals surface area contributed by atoms with Crippen LogP contribution in [0.25, 0.3) is 28.5 Å². The van der Waals surface area contributed by atoms with Crippen molar-refractivity contribution in [1.82, 2.24) is 14.8 Å². The smallest absolute Gasteiger partial charge is 0.168 e. The van der Waals surface area contributed by atoms with Gasteiger partial charge in [-0.15, -0.1) is 10.2 Å². The second-order valence-corrected chi connectivity index (χ2v) is 7.36. The van der Waals surface area contributed by atoms with E-state index >= 15 is 0 Å². The number of hydrogen-bond donors (Lipinski definition) is 0. The molecule has 0 radical (unpaired) electrons. The number of hydrogen-bond acceptors (Lipinski definition) is 2. The number of rotatable bonds is 3. The third-order valence-corrected chi connectivity index (χ3v) is 4.94. The topological polar surface area (TPSA) is 30.7 Å². The highest BCUT2D eigenvalue weighted by Crippen LogP contribution is 2.29. The van der Waals surface area contributed by atoms with E-state index in [4.69, 9.17) is 0 Å². The van der Waals surface area contributed by atoms with E-state index < -0.39 is 0 Å². The Morgan fingerprint density at radius 2 is 1.04 bits per heavy atom. The third-order valence-electron chi connectivity index (χ3n) is 3.88. The van der Waals surface area contributed by atoms with E-state index in [1.54, 1.807) is 0 Å². The molecule has 4 aromatic rings. The Bertz CT molecular complexity index is 992. The molecule has 3 aromatic carbocycles. The van der Waals surface area contributed by atoms with Crippen LogP contribution in [0.1, 0.15) is 0 Å². The first-order valence-corrected chi connectivity index (χ1v) is 9.34. The second-order valence-electron chi connectivity index (χ2n) is 5.53. The summed E-state index contributed by atoms with van der Waals surface area (Å²) >= 11 is 6.98. The average Bonchev–Trinajstić information content (AvgIpc) is 3.09. The number of halogens is 2. The van der Waals surface area contributed by atoms with Gasteiger partial charge >= 0.3 is 0 Å². The van der Waals surface area contributed by atoms with Crippen LogP contribution in [-0.4, -0.2) is 14.8 Å². The Morgan fingerprint density at radius 3 is 1.60 bits per heavy atom. The van der Waals surface area contributed by atoms with Crippen molar-refractivity contribution in [3.63, 3.8) is 0 Å². The summed E-state index contributed by atoms with van der Waals surface area (Å²) in [5.74, 6) is 1.63. The van der Waals surface area contributed by atoms with Crippen molar-refractivity contribution >= 4 is 31.9 Å². The van der Waals surface area contributed by atoms with Gasteiger partial charge in [-0.1, -0.05) is 74.3 Å². The van der Waals surface area contributed by atoms with Crippen LogP contribution in [0, 0.1) is 0 Å². The lowest BCUT2D eigenvalue weighted by Gasteiger charge is -2.11. The van der Waals surface area contributed by atoms with Crippen LogP contribution in [0.3, 0.4) is 0 Å². The minimum absolute atomic E-state index is 0.814. The van der Waals surface area contributed by atoms with E-state index in [1.165, 1.54) is 0 Å². The molecule has 0 aliphatic rings. The zero-order valence-electron chi connectivity index (χ0n) is 13.1. The van der Waals surface area contributed by atoms with Gasteiger partial charge in [0, 0.05) is 25.8 Å². The molecule has 0 atom stereocenters. The normalized spacial score (nSPS) is 10.8. The molecule has 1 heterocycles. The van der Waals surface area contributed by atoms with Gasteiger partial charge in [-0.2, -0.15) is 0 Å². The van der Waals surface area contributed by atoms with Gasteiger partial charge in [0.2, 0.25) is 0 Å². The summed E-state index contributed by atoms with van der Waals surface area (Å²) < 4.78 is 4.16. The number of benzene rings is 3. The van der Waals surface area contributed by atoms with Crippen LogP contribution in [0.15, 0.2) is 87.8 Å². The molecule has 0 fully saturated rings. The van der Waals surface area contributed by atoms with Gasteiger partial charge < -0.3 is 0 Å². The van der Waals surface area contributed by atoms with Crippen LogP contribution in [0.5, 0.6) is 0 Å². The Morgan fingerprint density at radius 1 is 0.560 bits per heavy atom. The minimum atomic E-state index is 0.814. The van der Waals surface area contributed by atoms with Crippen molar-refractivity contribution in [3.05, 3.63) is 87.8 Å². The Balaban J connectivity index is 1.94. The monoisotopic (exact) mass is 453 g/mol. The molecule has 3 nitrogen and oxygen atoms in total. The fourth-order valence-corrected chi connectivity index (χ4v) is 3.21. The molecule has 0 aliphatic carbocycles. The maximum Gasteiger partial charge on any atom is 0.168 e. The van der Waals surface area contributed by atoms with E-state index in [0.717, 1.165) is 37.4 Å².